The fourth-order valence-electron chi connectivity index (χ4n) is 4.21. The molecule has 3 rings (SSSR count). The van der Waals surface area contributed by atoms with Gasteiger partial charge in [-0.15, -0.1) is 0 Å². The van der Waals surface area contributed by atoms with Gasteiger partial charge in [-0.05, 0) is 50.6 Å². The lowest BCUT2D eigenvalue weighted by molar-refractivity contribution is -0.139. The molecule has 0 saturated carbocycles. The predicted octanol–water partition coefficient (Wildman–Crippen LogP) is 3.12. The van der Waals surface area contributed by atoms with Crippen molar-refractivity contribution in [2.45, 2.75) is 45.5 Å². The number of amides is 2. The Balaban J connectivity index is 1.64. The Bertz CT molecular complexity index is 871. The van der Waals surface area contributed by atoms with Crippen molar-refractivity contribution in [2.24, 2.45) is 0 Å². The zero-order chi connectivity index (χ0) is 24.0. The van der Waals surface area contributed by atoms with E-state index in [9.17, 15) is 22.8 Å². The number of hydrogen-bond acceptors (Lipinski definition) is 5. The molecule has 2 heterocycles. The van der Waals surface area contributed by atoms with Crippen LogP contribution in [0.25, 0.3) is 0 Å². The Hall–Kier alpha value is -2.59. The van der Waals surface area contributed by atoms with E-state index >= 15 is 0 Å². The summed E-state index contributed by atoms with van der Waals surface area (Å²) in [4.78, 5) is 29.1. The second-order valence-electron chi connectivity index (χ2n) is 8.27. The molecule has 0 bridgehead atoms. The molecule has 2 aliphatic heterocycles. The van der Waals surface area contributed by atoms with Gasteiger partial charge in [-0.25, -0.2) is 9.59 Å². The summed E-state index contributed by atoms with van der Waals surface area (Å²) in [6, 6.07) is 4.56. The van der Waals surface area contributed by atoms with Crippen LogP contribution in [0.2, 0.25) is 0 Å². The average Bonchev–Trinajstić information content (AvgIpc) is 2.98. The van der Waals surface area contributed by atoms with Gasteiger partial charge in [0.1, 0.15) is 0 Å². The van der Waals surface area contributed by atoms with Crippen LogP contribution in [0.1, 0.15) is 37.8 Å². The van der Waals surface area contributed by atoms with E-state index in [0.29, 0.717) is 37.3 Å². The van der Waals surface area contributed by atoms with E-state index in [-0.39, 0.29) is 12.6 Å². The van der Waals surface area contributed by atoms with Crippen molar-refractivity contribution in [1.29, 1.82) is 0 Å². The first-order chi connectivity index (χ1) is 15.7. The van der Waals surface area contributed by atoms with Crippen molar-refractivity contribution in [3.8, 4) is 0 Å². The molecule has 33 heavy (non-hydrogen) atoms. The molecule has 0 aliphatic carbocycles. The summed E-state index contributed by atoms with van der Waals surface area (Å²) in [7, 11) is 0. The SMILES string of the molecule is CCOC(=O)C1=C(CN2CCCN(Cc3ccc(C(F)(F)F)cc3)CC2)NC(=O)NC1CC. The molecule has 2 aliphatic rings. The molecule has 1 saturated heterocycles. The Labute approximate surface area is 191 Å². The summed E-state index contributed by atoms with van der Waals surface area (Å²) in [5, 5.41) is 5.56. The second kappa shape index (κ2) is 11.0. The molecule has 1 aromatic rings. The average molecular weight is 469 g/mol. The Morgan fingerprint density at radius 3 is 2.27 bits per heavy atom. The number of rotatable bonds is 7. The van der Waals surface area contributed by atoms with Crippen molar-refractivity contribution in [3.63, 3.8) is 0 Å². The lowest BCUT2D eigenvalue weighted by atomic mass is 10.00. The minimum atomic E-state index is -4.33. The maximum absolute atomic E-state index is 12.8. The second-order valence-corrected chi connectivity index (χ2v) is 8.27. The highest BCUT2D eigenvalue weighted by atomic mass is 19.4. The molecule has 10 heteroatoms. The van der Waals surface area contributed by atoms with Crippen LogP contribution in [-0.2, 0) is 22.3 Å². The maximum atomic E-state index is 12.8. The summed E-state index contributed by atoms with van der Waals surface area (Å²) in [5.41, 5.74) is 1.22. The predicted molar refractivity (Wildman–Crippen MR) is 117 cm³/mol. The number of alkyl halides is 3. The van der Waals surface area contributed by atoms with Crippen molar-refractivity contribution < 1.29 is 27.5 Å². The molecule has 2 amide bonds. The number of halogens is 3. The number of nitrogens with zero attached hydrogens (tertiary/aromatic N) is 2. The first kappa shape index (κ1) is 25.0. The van der Waals surface area contributed by atoms with Crippen LogP contribution >= 0.6 is 0 Å². The van der Waals surface area contributed by atoms with Gasteiger partial charge in [0, 0.05) is 31.9 Å². The van der Waals surface area contributed by atoms with Gasteiger partial charge in [-0.2, -0.15) is 13.2 Å². The fraction of sp³-hybridized carbons (Fsp3) is 0.565. The van der Waals surface area contributed by atoms with Crippen molar-refractivity contribution >= 4 is 12.0 Å². The highest BCUT2D eigenvalue weighted by Crippen LogP contribution is 2.29. The summed E-state index contributed by atoms with van der Waals surface area (Å²) < 4.78 is 43.6. The van der Waals surface area contributed by atoms with Crippen LogP contribution in [0.3, 0.4) is 0 Å². The van der Waals surface area contributed by atoms with Gasteiger partial charge in [0.15, 0.2) is 0 Å². The van der Waals surface area contributed by atoms with Crippen molar-refractivity contribution in [1.82, 2.24) is 20.4 Å². The highest BCUT2D eigenvalue weighted by Gasteiger charge is 2.33. The quantitative estimate of drug-likeness (QED) is 0.602. The molecule has 182 valence electrons. The minimum absolute atomic E-state index is 0.253. The summed E-state index contributed by atoms with van der Waals surface area (Å²) in [6.45, 7) is 7.92. The number of esters is 1. The van der Waals surface area contributed by atoms with E-state index in [4.69, 9.17) is 4.74 Å². The van der Waals surface area contributed by atoms with Crippen LogP contribution in [0.4, 0.5) is 18.0 Å². The number of urea groups is 1. The Morgan fingerprint density at radius 1 is 1.06 bits per heavy atom. The zero-order valence-corrected chi connectivity index (χ0v) is 19.0. The van der Waals surface area contributed by atoms with Crippen LogP contribution < -0.4 is 10.6 Å². The zero-order valence-electron chi connectivity index (χ0n) is 19.0. The standard InChI is InChI=1S/C23H31F3N4O3/c1-3-18-20(21(31)33-4-2)19(28-22(32)27-18)15-30-11-5-10-29(12-13-30)14-16-6-8-17(9-7-16)23(24,25)26/h6-9,18H,3-5,10-15H2,1-2H3,(H2,27,28,32). The molecule has 1 aromatic carbocycles. The third-order valence-corrected chi connectivity index (χ3v) is 5.90. The van der Waals surface area contributed by atoms with Gasteiger partial charge in [-0.1, -0.05) is 19.1 Å². The van der Waals surface area contributed by atoms with Crippen LogP contribution in [-0.4, -0.2) is 67.2 Å². The van der Waals surface area contributed by atoms with Crippen LogP contribution in [0, 0.1) is 0 Å². The smallest absolute Gasteiger partial charge is 0.416 e. The van der Waals surface area contributed by atoms with Gasteiger partial charge >= 0.3 is 18.2 Å². The number of carbonyl (C=O) groups excluding carboxylic acids is 2. The van der Waals surface area contributed by atoms with Crippen LogP contribution in [0.5, 0.6) is 0 Å². The molecular weight excluding hydrogens is 437 g/mol. The Kier molecular flexibility index (Phi) is 8.36. The molecule has 7 nitrogen and oxygen atoms in total. The van der Waals surface area contributed by atoms with E-state index in [1.165, 1.54) is 12.1 Å². The Morgan fingerprint density at radius 2 is 1.70 bits per heavy atom. The maximum Gasteiger partial charge on any atom is 0.416 e. The molecule has 2 N–H and O–H groups in total. The number of ether oxygens (including phenoxy) is 1. The summed E-state index contributed by atoms with van der Waals surface area (Å²) in [5.74, 6) is -0.425. The number of benzene rings is 1. The normalized spacial score (nSPS) is 20.8. The first-order valence-electron chi connectivity index (χ1n) is 11.3. The summed E-state index contributed by atoms with van der Waals surface area (Å²) >= 11 is 0. The third kappa shape index (κ3) is 6.70. The van der Waals surface area contributed by atoms with Gasteiger partial charge < -0.3 is 15.4 Å². The number of carbonyl (C=O) groups is 2. The fourth-order valence-corrected chi connectivity index (χ4v) is 4.21. The van der Waals surface area contributed by atoms with Gasteiger partial charge in [-0.3, -0.25) is 9.80 Å². The molecule has 0 radical (unpaired) electrons. The van der Waals surface area contributed by atoms with Crippen LogP contribution in [0.15, 0.2) is 35.5 Å². The number of hydrogen-bond donors (Lipinski definition) is 2. The van der Waals surface area contributed by atoms with E-state index in [1.54, 1.807) is 6.92 Å². The van der Waals surface area contributed by atoms with E-state index < -0.39 is 23.8 Å². The lowest BCUT2D eigenvalue weighted by Crippen LogP contribution is -2.52. The minimum Gasteiger partial charge on any atom is -0.463 e. The molecule has 1 unspecified atom stereocenters. The topological polar surface area (TPSA) is 73.9 Å². The summed E-state index contributed by atoms with van der Waals surface area (Å²) in [6.07, 6.45) is -2.89. The van der Waals surface area contributed by atoms with Gasteiger partial charge in [0.25, 0.3) is 0 Å². The van der Waals surface area contributed by atoms with Crippen molar-refractivity contribution in [2.75, 3.05) is 39.3 Å². The molecule has 0 spiro atoms. The van der Waals surface area contributed by atoms with Gasteiger partial charge in [0.2, 0.25) is 0 Å². The van der Waals surface area contributed by atoms with Crippen molar-refractivity contribution in [3.05, 3.63) is 46.7 Å². The monoisotopic (exact) mass is 468 g/mol. The third-order valence-electron chi connectivity index (χ3n) is 5.90. The molecule has 1 atom stereocenters. The highest BCUT2D eigenvalue weighted by molar-refractivity contribution is 5.94. The molecule has 0 aromatic heterocycles. The van der Waals surface area contributed by atoms with E-state index in [0.717, 1.165) is 43.8 Å². The first-order valence-corrected chi connectivity index (χ1v) is 11.3. The molecule has 1 fully saturated rings. The van der Waals surface area contributed by atoms with E-state index in [1.807, 2.05) is 6.92 Å². The largest absolute Gasteiger partial charge is 0.463 e. The lowest BCUT2D eigenvalue weighted by Gasteiger charge is -2.31. The van der Waals surface area contributed by atoms with E-state index in [2.05, 4.69) is 20.4 Å². The number of nitrogens with one attached hydrogen (secondary N) is 2. The van der Waals surface area contributed by atoms with Gasteiger partial charge in [0.05, 0.1) is 23.8 Å². The molecular formula is C23H31F3N4O3.